The van der Waals surface area contributed by atoms with E-state index in [4.69, 9.17) is 0 Å². The van der Waals surface area contributed by atoms with Gasteiger partial charge >= 0.3 is 5.97 Å². The van der Waals surface area contributed by atoms with Gasteiger partial charge in [0.1, 0.15) is 0 Å². The zero-order valence-electron chi connectivity index (χ0n) is 9.76. The second-order valence-electron chi connectivity index (χ2n) is 3.66. The standard InChI is InChI=1S/C11H15NO4S/c1-16-11(13)7-9-3-5-10(6-4-9)8-12-17(2,14)15/h3-6,12H,7-8H2,1-2H3. The van der Waals surface area contributed by atoms with Gasteiger partial charge in [0.25, 0.3) is 0 Å². The van der Waals surface area contributed by atoms with Gasteiger partial charge in [-0.25, -0.2) is 13.1 Å². The molecule has 0 amide bonds. The van der Waals surface area contributed by atoms with Gasteiger partial charge in [-0.15, -0.1) is 0 Å². The van der Waals surface area contributed by atoms with Crippen LogP contribution in [0.4, 0.5) is 0 Å². The summed E-state index contributed by atoms with van der Waals surface area (Å²) in [6.07, 6.45) is 1.33. The van der Waals surface area contributed by atoms with Crippen molar-refractivity contribution in [2.24, 2.45) is 0 Å². The van der Waals surface area contributed by atoms with E-state index in [-0.39, 0.29) is 18.9 Å². The quantitative estimate of drug-likeness (QED) is 0.777. The first kappa shape index (κ1) is 13.7. The normalized spacial score (nSPS) is 11.2. The van der Waals surface area contributed by atoms with E-state index in [0.717, 1.165) is 17.4 Å². The average molecular weight is 257 g/mol. The van der Waals surface area contributed by atoms with E-state index in [1.54, 1.807) is 24.3 Å². The summed E-state index contributed by atoms with van der Waals surface area (Å²) in [6.45, 7) is 0.247. The monoisotopic (exact) mass is 257 g/mol. The number of ether oxygens (including phenoxy) is 1. The Kier molecular flexibility index (Phi) is 4.65. The molecule has 0 fully saturated rings. The lowest BCUT2D eigenvalue weighted by Crippen LogP contribution is -2.21. The summed E-state index contributed by atoms with van der Waals surface area (Å²) >= 11 is 0. The van der Waals surface area contributed by atoms with Crippen LogP contribution in [0.25, 0.3) is 0 Å². The van der Waals surface area contributed by atoms with Crippen molar-refractivity contribution >= 4 is 16.0 Å². The van der Waals surface area contributed by atoms with Crippen LogP contribution in [0.1, 0.15) is 11.1 Å². The number of nitrogens with one attached hydrogen (secondary N) is 1. The molecule has 0 saturated carbocycles. The van der Waals surface area contributed by atoms with Crippen molar-refractivity contribution in [3.05, 3.63) is 35.4 Å². The van der Waals surface area contributed by atoms with E-state index in [1.807, 2.05) is 0 Å². The summed E-state index contributed by atoms with van der Waals surface area (Å²) in [6, 6.07) is 7.10. The molecule has 6 heteroatoms. The van der Waals surface area contributed by atoms with Crippen molar-refractivity contribution in [3.63, 3.8) is 0 Å². The van der Waals surface area contributed by atoms with Crippen molar-refractivity contribution in [2.45, 2.75) is 13.0 Å². The molecule has 0 aliphatic carbocycles. The van der Waals surface area contributed by atoms with Crippen molar-refractivity contribution in [1.82, 2.24) is 4.72 Å². The number of benzene rings is 1. The molecule has 1 aromatic rings. The minimum Gasteiger partial charge on any atom is -0.469 e. The third kappa shape index (κ3) is 5.46. The number of sulfonamides is 1. The predicted molar refractivity (Wildman–Crippen MR) is 63.8 cm³/mol. The molecule has 0 saturated heterocycles. The maximum atomic E-state index is 11.0. The highest BCUT2D eigenvalue weighted by Gasteiger charge is 2.04. The molecule has 0 aliphatic heterocycles. The average Bonchev–Trinajstić information content (AvgIpc) is 2.27. The van der Waals surface area contributed by atoms with Crippen LogP contribution < -0.4 is 4.72 Å². The van der Waals surface area contributed by atoms with Crippen LogP contribution in [0.3, 0.4) is 0 Å². The molecule has 0 aliphatic rings. The number of rotatable bonds is 5. The SMILES string of the molecule is COC(=O)Cc1ccc(CNS(C)(=O)=O)cc1. The van der Waals surface area contributed by atoms with Crippen molar-refractivity contribution in [2.75, 3.05) is 13.4 Å². The largest absolute Gasteiger partial charge is 0.469 e. The summed E-state index contributed by atoms with van der Waals surface area (Å²) < 4.78 is 28.7. The van der Waals surface area contributed by atoms with E-state index < -0.39 is 10.0 Å². The highest BCUT2D eigenvalue weighted by molar-refractivity contribution is 7.88. The first-order chi connectivity index (χ1) is 7.90. The Morgan fingerprint density at radius 3 is 2.24 bits per heavy atom. The Morgan fingerprint density at radius 2 is 1.76 bits per heavy atom. The maximum absolute atomic E-state index is 11.0. The second kappa shape index (κ2) is 5.79. The summed E-state index contributed by atoms with van der Waals surface area (Å²) in [5.74, 6) is -0.299. The van der Waals surface area contributed by atoms with E-state index in [2.05, 4.69) is 9.46 Å². The van der Waals surface area contributed by atoms with Crippen molar-refractivity contribution < 1.29 is 17.9 Å². The molecule has 0 heterocycles. The molecule has 1 rings (SSSR count). The summed E-state index contributed by atoms with van der Waals surface area (Å²) in [4.78, 5) is 11.0. The number of hydrogen-bond donors (Lipinski definition) is 1. The smallest absolute Gasteiger partial charge is 0.309 e. The number of hydrogen-bond acceptors (Lipinski definition) is 4. The Morgan fingerprint density at radius 1 is 1.24 bits per heavy atom. The predicted octanol–water partition coefficient (Wildman–Crippen LogP) is 0.451. The van der Waals surface area contributed by atoms with Crippen LogP contribution in [0.5, 0.6) is 0 Å². The maximum Gasteiger partial charge on any atom is 0.309 e. The third-order valence-corrected chi connectivity index (χ3v) is 2.81. The van der Waals surface area contributed by atoms with Gasteiger partial charge in [0.15, 0.2) is 0 Å². The van der Waals surface area contributed by atoms with Crippen LogP contribution in [0.15, 0.2) is 24.3 Å². The van der Waals surface area contributed by atoms with Gasteiger partial charge in [-0.1, -0.05) is 24.3 Å². The van der Waals surface area contributed by atoms with E-state index in [1.165, 1.54) is 7.11 Å². The number of methoxy groups -OCH3 is 1. The molecule has 0 unspecified atom stereocenters. The van der Waals surface area contributed by atoms with E-state index in [0.29, 0.717) is 0 Å². The fourth-order valence-electron chi connectivity index (χ4n) is 1.23. The van der Waals surface area contributed by atoms with Gasteiger partial charge in [-0.05, 0) is 11.1 Å². The fourth-order valence-corrected chi connectivity index (χ4v) is 1.66. The van der Waals surface area contributed by atoms with Gasteiger partial charge in [0.05, 0.1) is 19.8 Å². The highest BCUT2D eigenvalue weighted by atomic mass is 32.2. The number of carbonyl (C=O) groups excluding carboxylic acids is 1. The van der Waals surface area contributed by atoms with Crippen LogP contribution in [0.2, 0.25) is 0 Å². The van der Waals surface area contributed by atoms with Crippen LogP contribution in [0, 0.1) is 0 Å². The molecule has 94 valence electrons. The van der Waals surface area contributed by atoms with Gasteiger partial charge in [0, 0.05) is 6.54 Å². The first-order valence-electron chi connectivity index (χ1n) is 5.00. The van der Waals surface area contributed by atoms with E-state index in [9.17, 15) is 13.2 Å². The lowest BCUT2D eigenvalue weighted by molar-refractivity contribution is -0.139. The molecule has 5 nitrogen and oxygen atoms in total. The second-order valence-corrected chi connectivity index (χ2v) is 5.50. The van der Waals surface area contributed by atoms with Gasteiger partial charge in [-0.3, -0.25) is 4.79 Å². The minimum atomic E-state index is -3.18. The molecule has 1 N–H and O–H groups in total. The van der Waals surface area contributed by atoms with E-state index >= 15 is 0 Å². The molecular formula is C11H15NO4S. The van der Waals surface area contributed by atoms with Crippen LogP contribution in [-0.2, 0) is 32.5 Å². The summed E-state index contributed by atoms with van der Waals surface area (Å²) in [5.41, 5.74) is 1.67. The van der Waals surface area contributed by atoms with Crippen LogP contribution >= 0.6 is 0 Å². The van der Waals surface area contributed by atoms with Gasteiger partial charge in [-0.2, -0.15) is 0 Å². The molecule has 0 spiro atoms. The minimum absolute atomic E-state index is 0.219. The Hall–Kier alpha value is -1.40. The number of carbonyl (C=O) groups is 1. The molecule has 0 aromatic heterocycles. The molecular weight excluding hydrogens is 242 g/mol. The summed E-state index contributed by atoms with van der Waals surface area (Å²) in [5, 5.41) is 0. The topological polar surface area (TPSA) is 72.5 Å². The molecule has 0 bridgehead atoms. The zero-order chi connectivity index (χ0) is 12.9. The molecule has 1 aromatic carbocycles. The Labute approximate surface area is 101 Å². The van der Waals surface area contributed by atoms with Crippen LogP contribution in [-0.4, -0.2) is 27.8 Å². The molecule has 0 atom stereocenters. The van der Waals surface area contributed by atoms with Crippen molar-refractivity contribution in [1.29, 1.82) is 0 Å². The highest BCUT2D eigenvalue weighted by Crippen LogP contribution is 2.06. The third-order valence-electron chi connectivity index (χ3n) is 2.14. The Balaban J connectivity index is 2.59. The fraction of sp³-hybridized carbons (Fsp3) is 0.364. The lowest BCUT2D eigenvalue weighted by atomic mass is 10.1. The van der Waals surface area contributed by atoms with Gasteiger partial charge in [0.2, 0.25) is 10.0 Å². The Bertz CT molecular complexity index is 479. The first-order valence-corrected chi connectivity index (χ1v) is 6.89. The zero-order valence-corrected chi connectivity index (χ0v) is 10.6. The summed E-state index contributed by atoms with van der Waals surface area (Å²) in [7, 11) is -1.84. The molecule has 0 radical (unpaired) electrons. The molecule has 17 heavy (non-hydrogen) atoms. The van der Waals surface area contributed by atoms with Crippen molar-refractivity contribution in [3.8, 4) is 0 Å². The lowest BCUT2D eigenvalue weighted by Gasteiger charge is -2.04. The number of esters is 1. The van der Waals surface area contributed by atoms with Gasteiger partial charge < -0.3 is 4.74 Å².